The van der Waals surface area contributed by atoms with E-state index in [0.29, 0.717) is 17.9 Å². The summed E-state index contributed by atoms with van der Waals surface area (Å²) in [4.78, 5) is 26.1. The first-order valence-corrected chi connectivity index (χ1v) is 8.38. The Hall–Kier alpha value is -1.52. The molecule has 118 valence electrons. The molecular formula is C11H17N3O5S2. The summed E-state index contributed by atoms with van der Waals surface area (Å²) in [5, 5.41) is 11.5. The van der Waals surface area contributed by atoms with Crippen LogP contribution >= 0.6 is 11.3 Å². The van der Waals surface area contributed by atoms with Crippen LogP contribution in [0.4, 0.5) is 0 Å². The third-order valence-electron chi connectivity index (χ3n) is 2.46. The first-order valence-electron chi connectivity index (χ1n) is 6.06. The first kappa shape index (κ1) is 17.5. The Kier molecular flexibility index (Phi) is 5.81. The van der Waals surface area contributed by atoms with Crippen molar-refractivity contribution < 1.29 is 23.1 Å². The number of nitrogens with one attached hydrogen (secondary N) is 1. The highest BCUT2D eigenvalue weighted by atomic mass is 32.2. The Labute approximate surface area is 126 Å². The van der Waals surface area contributed by atoms with Crippen LogP contribution in [-0.2, 0) is 14.8 Å². The minimum atomic E-state index is -4.06. The van der Waals surface area contributed by atoms with Gasteiger partial charge in [-0.05, 0) is 5.92 Å². The maximum Gasteiger partial charge on any atom is 0.356 e. The van der Waals surface area contributed by atoms with Gasteiger partial charge in [-0.15, -0.1) is 11.3 Å². The smallest absolute Gasteiger partial charge is 0.356 e. The van der Waals surface area contributed by atoms with Gasteiger partial charge in [-0.25, -0.2) is 18.2 Å². The van der Waals surface area contributed by atoms with Gasteiger partial charge < -0.3 is 10.4 Å². The van der Waals surface area contributed by atoms with E-state index in [1.807, 2.05) is 13.8 Å². The molecule has 1 aromatic rings. The van der Waals surface area contributed by atoms with Gasteiger partial charge in [-0.2, -0.15) is 4.31 Å². The van der Waals surface area contributed by atoms with Gasteiger partial charge in [0.2, 0.25) is 5.91 Å². The molecule has 0 fully saturated rings. The van der Waals surface area contributed by atoms with E-state index in [9.17, 15) is 18.0 Å². The van der Waals surface area contributed by atoms with Crippen LogP contribution in [0.5, 0.6) is 0 Å². The number of likely N-dealkylation sites (N-methyl/N-ethyl adjacent to an activating group) is 1. The monoisotopic (exact) mass is 335 g/mol. The third-order valence-corrected chi connectivity index (χ3v) is 5.61. The van der Waals surface area contributed by atoms with E-state index in [1.54, 1.807) is 0 Å². The SMILES string of the molecule is CC(C)CNC(=O)CN(C)S(=O)(=O)c1scnc1C(=O)O. The molecule has 1 rings (SSSR count). The number of carboxylic acid groups (broad SMARTS) is 1. The Balaban J connectivity index is 2.85. The fraction of sp³-hybridized carbons (Fsp3) is 0.545. The van der Waals surface area contributed by atoms with Crippen LogP contribution in [0, 0.1) is 5.92 Å². The Morgan fingerprint density at radius 2 is 2.10 bits per heavy atom. The summed E-state index contributed by atoms with van der Waals surface area (Å²) in [6.07, 6.45) is 0. The molecule has 21 heavy (non-hydrogen) atoms. The van der Waals surface area contributed by atoms with Gasteiger partial charge in [-0.3, -0.25) is 4.79 Å². The maximum absolute atomic E-state index is 12.2. The molecule has 8 nitrogen and oxygen atoms in total. The number of sulfonamides is 1. The van der Waals surface area contributed by atoms with Gasteiger partial charge in [0.1, 0.15) is 0 Å². The van der Waals surface area contributed by atoms with Crippen LogP contribution in [-0.4, -0.2) is 54.8 Å². The molecule has 0 aliphatic carbocycles. The molecule has 1 aromatic heterocycles. The van der Waals surface area contributed by atoms with Crippen LogP contribution in [0.3, 0.4) is 0 Å². The second-order valence-electron chi connectivity index (χ2n) is 4.75. The average molecular weight is 335 g/mol. The molecule has 0 atom stereocenters. The first-order chi connectivity index (χ1) is 9.66. The number of hydrogen-bond acceptors (Lipinski definition) is 6. The molecule has 2 N–H and O–H groups in total. The van der Waals surface area contributed by atoms with E-state index in [-0.39, 0.29) is 16.7 Å². The maximum atomic E-state index is 12.2. The lowest BCUT2D eigenvalue weighted by Gasteiger charge is -2.16. The van der Waals surface area contributed by atoms with Crippen molar-refractivity contribution in [3.05, 3.63) is 11.2 Å². The molecule has 0 radical (unpaired) electrons. The molecule has 0 aliphatic heterocycles. The average Bonchev–Trinajstić information content (AvgIpc) is 2.86. The van der Waals surface area contributed by atoms with Crippen molar-refractivity contribution in [3.8, 4) is 0 Å². The summed E-state index contributed by atoms with van der Waals surface area (Å²) in [5.74, 6) is -1.63. The molecule has 0 spiro atoms. The lowest BCUT2D eigenvalue weighted by atomic mass is 10.2. The summed E-state index contributed by atoms with van der Waals surface area (Å²) < 4.78 is 24.9. The van der Waals surface area contributed by atoms with Crippen LogP contribution in [0.25, 0.3) is 0 Å². The molecule has 0 saturated heterocycles. The van der Waals surface area contributed by atoms with E-state index in [4.69, 9.17) is 5.11 Å². The molecule has 1 heterocycles. The van der Waals surface area contributed by atoms with Crippen LogP contribution in [0.1, 0.15) is 24.3 Å². The van der Waals surface area contributed by atoms with E-state index in [2.05, 4.69) is 10.3 Å². The molecular weight excluding hydrogens is 318 g/mol. The molecule has 0 aliphatic rings. The summed E-state index contributed by atoms with van der Waals surface area (Å²) in [7, 11) is -2.84. The van der Waals surface area contributed by atoms with Crippen molar-refractivity contribution in [2.24, 2.45) is 5.92 Å². The highest BCUT2D eigenvalue weighted by molar-refractivity contribution is 7.91. The number of carboxylic acids is 1. The lowest BCUT2D eigenvalue weighted by molar-refractivity contribution is -0.121. The van der Waals surface area contributed by atoms with Crippen molar-refractivity contribution in [1.82, 2.24) is 14.6 Å². The quantitative estimate of drug-likeness (QED) is 0.737. The second-order valence-corrected chi connectivity index (χ2v) is 7.85. The number of aromatic carboxylic acids is 1. The largest absolute Gasteiger partial charge is 0.476 e. The fourth-order valence-corrected chi connectivity index (χ4v) is 3.82. The normalized spacial score (nSPS) is 11.9. The number of carbonyl (C=O) groups excluding carboxylic acids is 1. The summed E-state index contributed by atoms with van der Waals surface area (Å²) in [5.41, 5.74) is 0.609. The third kappa shape index (κ3) is 4.48. The van der Waals surface area contributed by atoms with Crippen molar-refractivity contribution in [3.63, 3.8) is 0 Å². The van der Waals surface area contributed by atoms with Gasteiger partial charge in [-0.1, -0.05) is 13.8 Å². The van der Waals surface area contributed by atoms with E-state index in [0.717, 1.165) is 9.82 Å². The molecule has 0 bridgehead atoms. The lowest BCUT2D eigenvalue weighted by Crippen LogP contribution is -2.39. The van der Waals surface area contributed by atoms with Gasteiger partial charge >= 0.3 is 5.97 Å². The minimum absolute atomic E-state index is 0.246. The highest BCUT2D eigenvalue weighted by Gasteiger charge is 2.30. The summed E-state index contributed by atoms with van der Waals surface area (Å²) >= 11 is 0.705. The molecule has 0 unspecified atom stereocenters. The van der Waals surface area contributed by atoms with E-state index >= 15 is 0 Å². The van der Waals surface area contributed by atoms with Crippen LogP contribution < -0.4 is 5.32 Å². The molecule has 0 saturated carbocycles. The molecule has 0 aromatic carbocycles. The van der Waals surface area contributed by atoms with E-state index < -0.39 is 27.6 Å². The van der Waals surface area contributed by atoms with Gasteiger partial charge in [0.25, 0.3) is 10.0 Å². The Morgan fingerprint density at radius 1 is 1.48 bits per heavy atom. The zero-order valence-corrected chi connectivity index (χ0v) is 13.5. The standard InChI is InChI=1S/C11H17N3O5S2/c1-7(2)4-12-8(15)5-14(3)21(18,19)11-9(10(16)17)13-6-20-11/h6-7H,4-5H2,1-3H3,(H,12,15)(H,16,17). The van der Waals surface area contributed by atoms with Crippen molar-refractivity contribution in [2.45, 2.75) is 18.1 Å². The van der Waals surface area contributed by atoms with Crippen molar-refractivity contribution in [2.75, 3.05) is 20.1 Å². The molecule has 10 heteroatoms. The van der Waals surface area contributed by atoms with Gasteiger partial charge in [0, 0.05) is 13.6 Å². The minimum Gasteiger partial charge on any atom is -0.476 e. The van der Waals surface area contributed by atoms with E-state index in [1.165, 1.54) is 7.05 Å². The predicted octanol–water partition coefficient (Wildman–Crippen LogP) is 0.234. The topological polar surface area (TPSA) is 117 Å². The number of aromatic nitrogens is 1. The van der Waals surface area contributed by atoms with Crippen molar-refractivity contribution >= 4 is 33.2 Å². The van der Waals surface area contributed by atoms with Crippen LogP contribution in [0.2, 0.25) is 0 Å². The fourth-order valence-electron chi connectivity index (χ4n) is 1.36. The zero-order chi connectivity index (χ0) is 16.2. The number of amides is 1. The number of hydrogen-bond donors (Lipinski definition) is 2. The number of thiazole rings is 1. The predicted molar refractivity (Wildman–Crippen MR) is 76.7 cm³/mol. The van der Waals surface area contributed by atoms with Crippen molar-refractivity contribution in [1.29, 1.82) is 0 Å². The van der Waals surface area contributed by atoms with Gasteiger partial charge in [0.05, 0.1) is 12.1 Å². The number of carbonyl (C=O) groups is 2. The summed E-state index contributed by atoms with van der Waals surface area (Å²) in [6.45, 7) is 3.88. The zero-order valence-electron chi connectivity index (χ0n) is 11.9. The second kappa shape index (κ2) is 6.96. The number of rotatable bonds is 7. The highest BCUT2D eigenvalue weighted by Crippen LogP contribution is 2.23. The Morgan fingerprint density at radius 3 is 2.62 bits per heavy atom. The Bertz CT molecular complexity index is 624. The summed E-state index contributed by atoms with van der Waals surface area (Å²) in [6, 6.07) is 0. The van der Waals surface area contributed by atoms with Crippen LogP contribution in [0.15, 0.2) is 9.72 Å². The van der Waals surface area contributed by atoms with Gasteiger partial charge in [0.15, 0.2) is 9.90 Å². The number of nitrogens with zero attached hydrogens (tertiary/aromatic N) is 2. The molecule has 1 amide bonds.